The number of hydrogen-bond donors (Lipinski definition) is 2. The van der Waals surface area contributed by atoms with Crippen LogP contribution in [0, 0.1) is 12.7 Å². The highest BCUT2D eigenvalue weighted by Crippen LogP contribution is 2.33. The number of benzene rings is 1. The van der Waals surface area contributed by atoms with Gasteiger partial charge in [0, 0.05) is 6.54 Å². The van der Waals surface area contributed by atoms with E-state index in [0.29, 0.717) is 25.3 Å². The molecule has 2 rings (SSSR count). The van der Waals surface area contributed by atoms with Crippen LogP contribution in [0.4, 0.5) is 4.39 Å². The largest absolute Gasteiger partial charge is 0.360 e. The quantitative estimate of drug-likeness (QED) is 0.831. The van der Waals surface area contributed by atoms with E-state index in [1.807, 2.05) is 0 Å². The van der Waals surface area contributed by atoms with E-state index in [-0.39, 0.29) is 21.8 Å². The highest BCUT2D eigenvalue weighted by molar-refractivity contribution is 6.33. The first kappa shape index (κ1) is 15.5. The number of aryl methyl sites for hydroxylation is 1. The molecular weight excluding hydrogens is 297 g/mol. The molecule has 0 aliphatic carbocycles. The highest BCUT2D eigenvalue weighted by atomic mass is 35.5. The number of carbonyl (C=O) groups is 1. The molecule has 5 nitrogen and oxygen atoms in total. The molecule has 0 bridgehead atoms. The van der Waals surface area contributed by atoms with Crippen LogP contribution in [0.1, 0.15) is 22.5 Å². The average Bonchev–Trinajstić information content (AvgIpc) is 2.80. The van der Waals surface area contributed by atoms with Crippen molar-refractivity contribution in [3.8, 4) is 11.3 Å². The van der Waals surface area contributed by atoms with Gasteiger partial charge in [0.1, 0.15) is 22.8 Å². The number of nitrogens with two attached hydrogens (primary N) is 1. The van der Waals surface area contributed by atoms with Crippen LogP contribution in [0.2, 0.25) is 5.02 Å². The summed E-state index contributed by atoms with van der Waals surface area (Å²) in [4.78, 5) is 12.2. The maximum atomic E-state index is 14.0. The van der Waals surface area contributed by atoms with Crippen molar-refractivity contribution in [2.24, 2.45) is 5.73 Å². The van der Waals surface area contributed by atoms with Gasteiger partial charge in [0.15, 0.2) is 0 Å². The Morgan fingerprint density at radius 1 is 1.52 bits per heavy atom. The lowest BCUT2D eigenvalue weighted by molar-refractivity contribution is 0.0952. The van der Waals surface area contributed by atoms with E-state index in [4.69, 9.17) is 21.9 Å². The highest BCUT2D eigenvalue weighted by Gasteiger charge is 2.24. The van der Waals surface area contributed by atoms with E-state index in [0.717, 1.165) is 0 Å². The topological polar surface area (TPSA) is 81.2 Å². The van der Waals surface area contributed by atoms with Crippen molar-refractivity contribution in [2.75, 3.05) is 13.1 Å². The molecule has 1 heterocycles. The Morgan fingerprint density at radius 2 is 2.29 bits per heavy atom. The molecule has 2 aromatic rings. The molecule has 0 aliphatic rings. The molecular formula is C14H15ClFN3O2. The number of aromatic nitrogens is 1. The third-order valence-corrected chi connectivity index (χ3v) is 3.27. The van der Waals surface area contributed by atoms with Gasteiger partial charge in [-0.25, -0.2) is 4.39 Å². The van der Waals surface area contributed by atoms with E-state index in [1.54, 1.807) is 6.92 Å². The van der Waals surface area contributed by atoms with Crippen molar-refractivity contribution in [1.29, 1.82) is 0 Å². The molecule has 0 saturated heterocycles. The van der Waals surface area contributed by atoms with Gasteiger partial charge >= 0.3 is 0 Å². The van der Waals surface area contributed by atoms with Gasteiger partial charge in [-0.05, 0) is 32.0 Å². The summed E-state index contributed by atoms with van der Waals surface area (Å²) in [5, 5.41) is 6.63. The Hall–Kier alpha value is -1.92. The lowest BCUT2D eigenvalue weighted by Crippen LogP contribution is -2.26. The third kappa shape index (κ3) is 3.22. The fourth-order valence-electron chi connectivity index (χ4n) is 1.93. The van der Waals surface area contributed by atoms with Crippen LogP contribution < -0.4 is 11.1 Å². The number of halogens is 2. The SMILES string of the molecule is Cc1onc(-c2c(F)cccc2Cl)c1C(=O)NCCCN. The number of hydrogen-bond acceptors (Lipinski definition) is 4. The molecule has 0 aliphatic heterocycles. The second-order valence-electron chi connectivity index (χ2n) is 4.46. The molecule has 21 heavy (non-hydrogen) atoms. The summed E-state index contributed by atoms with van der Waals surface area (Å²) in [6.07, 6.45) is 0.645. The number of nitrogens with one attached hydrogen (secondary N) is 1. The summed E-state index contributed by atoms with van der Waals surface area (Å²) < 4.78 is 19.0. The molecule has 112 valence electrons. The van der Waals surface area contributed by atoms with Crippen LogP contribution in [0.15, 0.2) is 22.7 Å². The van der Waals surface area contributed by atoms with E-state index >= 15 is 0 Å². The fraction of sp³-hybridized carbons (Fsp3) is 0.286. The fourth-order valence-corrected chi connectivity index (χ4v) is 2.18. The normalized spacial score (nSPS) is 10.7. The number of carbonyl (C=O) groups excluding carboxylic acids is 1. The van der Waals surface area contributed by atoms with Crippen LogP contribution in [0.5, 0.6) is 0 Å². The zero-order valence-corrected chi connectivity index (χ0v) is 12.2. The molecule has 0 atom stereocenters. The molecule has 1 aromatic heterocycles. The lowest BCUT2D eigenvalue weighted by Gasteiger charge is -2.06. The third-order valence-electron chi connectivity index (χ3n) is 2.96. The molecule has 0 unspecified atom stereocenters. The minimum Gasteiger partial charge on any atom is -0.360 e. The van der Waals surface area contributed by atoms with E-state index < -0.39 is 11.7 Å². The second kappa shape index (κ2) is 6.69. The molecule has 0 fully saturated rings. The average molecular weight is 312 g/mol. The Labute approximate surface area is 126 Å². The maximum Gasteiger partial charge on any atom is 0.257 e. The predicted molar refractivity (Wildman–Crippen MR) is 77.6 cm³/mol. The van der Waals surface area contributed by atoms with Crippen LogP contribution in [-0.2, 0) is 0 Å². The molecule has 0 spiro atoms. The van der Waals surface area contributed by atoms with Gasteiger partial charge in [-0.2, -0.15) is 0 Å². The Kier molecular flexibility index (Phi) is 4.93. The van der Waals surface area contributed by atoms with Gasteiger partial charge in [0.05, 0.1) is 10.6 Å². The maximum absolute atomic E-state index is 14.0. The molecule has 1 aromatic carbocycles. The van der Waals surface area contributed by atoms with Crippen LogP contribution in [0.3, 0.4) is 0 Å². The van der Waals surface area contributed by atoms with E-state index in [1.165, 1.54) is 18.2 Å². The second-order valence-corrected chi connectivity index (χ2v) is 4.86. The lowest BCUT2D eigenvalue weighted by atomic mass is 10.0. The number of amides is 1. The minimum absolute atomic E-state index is 0.0555. The molecule has 1 amide bonds. The van der Waals surface area contributed by atoms with Gasteiger partial charge in [0.2, 0.25) is 0 Å². The number of nitrogens with zero attached hydrogens (tertiary/aromatic N) is 1. The van der Waals surface area contributed by atoms with Crippen molar-refractivity contribution >= 4 is 17.5 Å². The van der Waals surface area contributed by atoms with Crippen molar-refractivity contribution in [1.82, 2.24) is 10.5 Å². The molecule has 0 saturated carbocycles. The first-order chi connectivity index (χ1) is 10.1. The number of rotatable bonds is 5. The predicted octanol–water partition coefficient (Wildman–Crippen LogP) is 2.52. The molecule has 0 radical (unpaired) electrons. The van der Waals surface area contributed by atoms with Crippen molar-refractivity contribution < 1.29 is 13.7 Å². The smallest absolute Gasteiger partial charge is 0.257 e. The van der Waals surface area contributed by atoms with Crippen molar-refractivity contribution in [3.63, 3.8) is 0 Å². The Morgan fingerprint density at radius 3 is 2.95 bits per heavy atom. The van der Waals surface area contributed by atoms with E-state index in [2.05, 4.69) is 10.5 Å². The minimum atomic E-state index is -0.563. The standard InChI is InChI=1S/C14H15ClFN3O2/c1-8-11(14(20)18-7-3-6-17)13(19-21-8)12-9(15)4-2-5-10(12)16/h2,4-5H,3,6-7,17H2,1H3,(H,18,20). The van der Waals surface area contributed by atoms with Gasteiger partial charge in [-0.15, -0.1) is 0 Å². The van der Waals surface area contributed by atoms with Crippen LogP contribution >= 0.6 is 11.6 Å². The van der Waals surface area contributed by atoms with Gasteiger partial charge in [0.25, 0.3) is 5.91 Å². The monoisotopic (exact) mass is 311 g/mol. The van der Waals surface area contributed by atoms with Crippen molar-refractivity contribution in [3.05, 3.63) is 40.4 Å². The first-order valence-electron chi connectivity index (χ1n) is 6.45. The Balaban J connectivity index is 2.41. The first-order valence-corrected chi connectivity index (χ1v) is 6.83. The van der Waals surface area contributed by atoms with Crippen LogP contribution in [-0.4, -0.2) is 24.2 Å². The molecule has 3 N–H and O–H groups in total. The van der Waals surface area contributed by atoms with Crippen LogP contribution in [0.25, 0.3) is 11.3 Å². The Bertz CT molecular complexity index is 637. The van der Waals surface area contributed by atoms with Gasteiger partial charge in [-0.1, -0.05) is 22.8 Å². The van der Waals surface area contributed by atoms with E-state index in [9.17, 15) is 9.18 Å². The summed E-state index contributed by atoms with van der Waals surface area (Å²) in [5.41, 5.74) is 5.71. The zero-order valence-electron chi connectivity index (χ0n) is 11.5. The van der Waals surface area contributed by atoms with Gasteiger partial charge < -0.3 is 15.6 Å². The summed E-state index contributed by atoms with van der Waals surface area (Å²) in [7, 11) is 0. The zero-order chi connectivity index (χ0) is 15.4. The summed E-state index contributed by atoms with van der Waals surface area (Å²) >= 11 is 6.01. The molecule has 7 heteroatoms. The van der Waals surface area contributed by atoms with Gasteiger partial charge in [-0.3, -0.25) is 4.79 Å². The summed E-state index contributed by atoms with van der Waals surface area (Å²) in [6, 6.07) is 4.26. The summed E-state index contributed by atoms with van der Waals surface area (Å²) in [5.74, 6) is -0.655. The summed E-state index contributed by atoms with van der Waals surface area (Å²) in [6.45, 7) is 2.47. The van der Waals surface area contributed by atoms with Crippen molar-refractivity contribution in [2.45, 2.75) is 13.3 Å².